The van der Waals surface area contributed by atoms with Crippen molar-refractivity contribution in [3.8, 4) is 0 Å². The molecule has 4 heteroatoms. The summed E-state index contributed by atoms with van der Waals surface area (Å²) in [4.78, 5) is 0. The highest BCUT2D eigenvalue weighted by Gasteiger charge is 2.26. The number of hydrogen-bond donors (Lipinski definition) is 1. The van der Waals surface area contributed by atoms with Crippen molar-refractivity contribution in [2.24, 2.45) is 5.92 Å². The van der Waals surface area contributed by atoms with Crippen LogP contribution in [0.2, 0.25) is 5.02 Å². The summed E-state index contributed by atoms with van der Waals surface area (Å²) < 4.78 is 27.6. The number of rotatable bonds is 2. The summed E-state index contributed by atoms with van der Waals surface area (Å²) in [6, 6.07) is 4.14. The molecule has 0 radical (unpaired) electrons. The zero-order chi connectivity index (χ0) is 11.5. The summed E-state index contributed by atoms with van der Waals surface area (Å²) in [6.45, 7) is 1.54. The van der Waals surface area contributed by atoms with E-state index in [1.165, 1.54) is 18.2 Å². The third kappa shape index (κ3) is 2.53. The topological polar surface area (TPSA) is 12.0 Å². The molecule has 0 bridgehead atoms. The van der Waals surface area contributed by atoms with E-state index in [0.717, 1.165) is 19.4 Å². The molecule has 1 N–H and O–H groups in total. The Kier molecular flexibility index (Phi) is 3.77. The molecule has 88 valence electrons. The van der Waals surface area contributed by atoms with E-state index in [-0.39, 0.29) is 11.5 Å². The maximum absolute atomic E-state index is 14.1. The number of halogens is 3. The van der Waals surface area contributed by atoms with E-state index in [2.05, 4.69) is 5.32 Å². The van der Waals surface area contributed by atoms with Crippen LogP contribution in [0.5, 0.6) is 0 Å². The lowest BCUT2D eigenvalue weighted by Crippen LogP contribution is -2.32. The van der Waals surface area contributed by atoms with Crippen molar-refractivity contribution >= 4 is 11.6 Å². The van der Waals surface area contributed by atoms with Crippen LogP contribution in [-0.2, 0) is 0 Å². The second-order valence-corrected chi connectivity index (χ2v) is 4.61. The molecule has 2 atom stereocenters. The van der Waals surface area contributed by atoms with Gasteiger partial charge in [-0.15, -0.1) is 0 Å². The van der Waals surface area contributed by atoms with E-state index in [9.17, 15) is 8.78 Å². The second-order valence-electron chi connectivity index (χ2n) is 4.17. The van der Waals surface area contributed by atoms with Gasteiger partial charge in [0.15, 0.2) is 0 Å². The molecule has 1 saturated heterocycles. The molecule has 0 saturated carbocycles. The molecule has 2 unspecified atom stereocenters. The summed E-state index contributed by atoms with van der Waals surface area (Å²) in [5, 5.41) is 3.43. The summed E-state index contributed by atoms with van der Waals surface area (Å²) in [6.07, 6.45) is 0.501. The molecule has 1 aliphatic rings. The van der Waals surface area contributed by atoms with Gasteiger partial charge in [0, 0.05) is 23.0 Å². The van der Waals surface area contributed by atoms with Gasteiger partial charge in [0.1, 0.15) is 12.0 Å². The number of benzene rings is 1. The van der Waals surface area contributed by atoms with Gasteiger partial charge in [-0.25, -0.2) is 8.78 Å². The van der Waals surface area contributed by atoms with Crippen molar-refractivity contribution in [2.45, 2.75) is 19.0 Å². The van der Waals surface area contributed by atoms with Gasteiger partial charge in [-0.3, -0.25) is 0 Å². The predicted molar refractivity (Wildman–Crippen MR) is 60.9 cm³/mol. The van der Waals surface area contributed by atoms with E-state index < -0.39 is 12.0 Å². The zero-order valence-electron chi connectivity index (χ0n) is 8.85. The Morgan fingerprint density at radius 2 is 2.25 bits per heavy atom. The van der Waals surface area contributed by atoms with Crippen LogP contribution in [0.1, 0.15) is 24.6 Å². The monoisotopic (exact) mass is 245 g/mol. The molecule has 2 rings (SSSR count). The first-order chi connectivity index (χ1) is 7.68. The molecule has 1 aliphatic heterocycles. The van der Waals surface area contributed by atoms with Crippen molar-refractivity contribution in [3.05, 3.63) is 34.6 Å². The van der Waals surface area contributed by atoms with Gasteiger partial charge >= 0.3 is 0 Å². The molecular formula is C12H14ClF2N. The molecule has 1 fully saturated rings. The highest BCUT2D eigenvalue weighted by Crippen LogP contribution is 2.33. The Bertz CT molecular complexity index is 364. The minimum absolute atomic E-state index is 0.123. The Morgan fingerprint density at radius 3 is 2.88 bits per heavy atom. The van der Waals surface area contributed by atoms with Crippen LogP contribution in [0.3, 0.4) is 0 Å². The third-order valence-corrected chi connectivity index (χ3v) is 3.24. The second kappa shape index (κ2) is 5.11. The molecule has 0 spiro atoms. The lowest BCUT2D eigenvalue weighted by molar-refractivity contribution is 0.190. The Hall–Kier alpha value is -0.670. The summed E-state index contributed by atoms with van der Waals surface area (Å²) >= 11 is 5.63. The van der Waals surface area contributed by atoms with Gasteiger partial charge in [-0.2, -0.15) is 0 Å². The normalized spacial score (nSPS) is 23.1. The van der Waals surface area contributed by atoms with Crippen molar-refractivity contribution in [1.82, 2.24) is 5.32 Å². The number of alkyl halides is 1. The number of nitrogens with one attached hydrogen (secondary N) is 1. The first-order valence-corrected chi connectivity index (χ1v) is 5.86. The maximum Gasteiger partial charge on any atom is 0.132 e. The van der Waals surface area contributed by atoms with Gasteiger partial charge in [0.2, 0.25) is 0 Å². The Morgan fingerprint density at radius 1 is 1.44 bits per heavy atom. The van der Waals surface area contributed by atoms with Crippen LogP contribution in [0.25, 0.3) is 0 Å². The summed E-state index contributed by atoms with van der Waals surface area (Å²) in [5.74, 6) is -0.685. The molecule has 0 amide bonds. The van der Waals surface area contributed by atoms with Crippen LogP contribution in [0, 0.1) is 11.7 Å². The number of piperidine rings is 1. The van der Waals surface area contributed by atoms with Crippen molar-refractivity contribution in [3.63, 3.8) is 0 Å². The fraction of sp³-hybridized carbons (Fsp3) is 0.500. The van der Waals surface area contributed by atoms with Crippen molar-refractivity contribution in [2.75, 3.05) is 13.1 Å². The van der Waals surface area contributed by atoms with Gasteiger partial charge in [-0.1, -0.05) is 17.7 Å². The van der Waals surface area contributed by atoms with Crippen molar-refractivity contribution < 1.29 is 8.78 Å². The number of hydrogen-bond acceptors (Lipinski definition) is 1. The molecular weight excluding hydrogens is 232 g/mol. The quantitative estimate of drug-likeness (QED) is 0.841. The minimum Gasteiger partial charge on any atom is -0.316 e. The van der Waals surface area contributed by atoms with Gasteiger partial charge in [-0.05, 0) is 31.5 Å². The standard InChI is InChI=1S/C12H14ClF2N/c13-9-3-4-10(11(14)6-9)12(15)8-2-1-5-16-7-8/h3-4,6,8,12,16H,1-2,5,7H2. The average molecular weight is 246 g/mol. The maximum atomic E-state index is 14.1. The molecule has 1 nitrogen and oxygen atoms in total. The molecule has 0 aliphatic carbocycles. The average Bonchev–Trinajstić information content (AvgIpc) is 2.29. The fourth-order valence-corrected chi connectivity index (χ4v) is 2.27. The third-order valence-electron chi connectivity index (χ3n) is 3.01. The van der Waals surface area contributed by atoms with Crippen LogP contribution in [0.4, 0.5) is 8.78 Å². The van der Waals surface area contributed by atoms with E-state index in [0.29, 0.717) is 11.6 Å². The Labute approximate surface area is 98.8 Å². The molecule has 16 heavy (non-hydrogen) atoms. The van der Waals surface area contributed by atoms with E-state index in [1.54, 1.807) is 0 Å². The molecule has 1 heterocycles. The summed E-state index contributed by atoms with van der Waals surface area (Å²) in [7, 11) is 0. The van der Waals surface area contributed by atoms with Gasteiger partial charge in [0.05, 0.1) is 0 Å². The fourth-order valence-electron chi connectivity index (χ4n) is 2.11. The minimum atomic E-state index is -1.25. The first kappa shape index (κ1) is 11.8. The van der Waals surface area contributed by atoms with E-state index in [1.807, 2.05) is 0 Å². The smallest absolute Gasteiger partial charge is 0.132 e. The van der Waals surface area contributed by atoms with E-state index >= 15 is 0 Å². The van der Waals surface area contributed by atoms with Crippen LogP contribution in [0.15, 0.2) is 18.2 Å². The van der Waals surface area contributed by atoms with Crippen LogP contribution >= 0.6 is 11.6 Å². The molecule has 1 aromatic rings. The van der Waals surface area contributed by atoms with Gasteiger partial charge < -0.3 is 5.32 Å². The highest BCUT2D eigenvalue weighted by atomic mass is 35.5. The Balaban J connectivity index is 2.15. The molecule has 0 aromatic heterocycles. The van der Waals surface area contributed by atoms with Crippen LogP contribution in [-0.4, -0.2) is 13.1 Å². The first-order valence-electron chi connectivity index (χ1n) is 5.48. The van der Waals surface area contributed by atoms with Crippen LogP contribution < -0.4 is 5.32 Å². The lowest BCUT2D eigenvalue weighted by atomic mass is 9.90. The largest absolute Gasteiger partial charge is 0.316 e. The highest BCUT2D eigenvalue weighted by molar-refractivity contribution is 6.30. The molecule has 1 aromatic carbocycles. The van der Waals surface area contributed by atoms with Crippen molar-refractivity contribution in [1.29, 1.82) is 0 Å². The SMILES string of the molecule is Fc1cc(Cl)ccc1C(F)C1CCCNC1. The van der Waals surface area contributed by atoms with Gasteiger partial charge in [0.25, 0.3) is 0 Å². The zero-order valence-corrected chi connectivity index (χ0v) is 9.61. The lowest BCUT2D eigenvalue weighted by Gasteiger charge is -2.26. The predicted octanol–water partition coefficient (Wildman–Crippen LogP) is 3.49. The van der Waals surface area contributed by atoms with E-state index in [4.69, 9.17) is 11.6 Å². The summed E-state index contributed by atoms with van der Waals surface area (Å²) in [5.41, 5.74) is 0.123.